The molecule has 0 saturated heterocycles. The Balaban J connectivity index is 1.40. The molecule has 0 fully saturated rings. The highest BCUT2D eigenvalue weighted by atomic mass is 16.5. The molecule has 124 valence electrons. The van der Waals surface area contributed by atoms with Gasteiger partial charge in [-0.3, -0.25) is 4.79 Å². The van der Waals surface area contributed by atoms with Crippen molar-refractivity contribution in [2.24, 2.45) is 0 Å². The number of hydrogen-bond acceptors (Lipinski definition) is 3. The van der Waals surface area contributed by atoms with E-state index in [1.165, 1.54) is 5.56 Å². The molecule has 0 saturated carbocycles. The Morgan fingerprint density at radius 1 is 1.25 bits per heavy atom. The number of carbonyl (C=O) groups is 1. The van der Waals surface area contributed by atoms with Gasteiger partial charge in [0.1, 0.15) is 11.4 Å². The molecular weight excluding hydrogens is 302 g/mol. The molecular formula is C19H21N3O2. The molecule has 2 aromatic heterocycles. The largest absolute Gasteiger partial charge is 0.494 e. The summed E-state index contributed by atoms with van der Waals surface area (Å²) in [5, 5.41) is 2.90. The number of para-hydroxylation sites is 1. The number of nitrogens with zero attached hydrogens (tertiary/aromatic N) is 2. The molecule has 1 aromatic carbocycles. The van der Waals surface area contributed by atoms with Gasteiger partial charge in [0, 0.05) is 18.8 Å². The van der Waals surface area contributed by atoms with Crippen LogP contribution in [0.15, 0.2) is 54.9 Å². The van der Waals surface area contributed by atoms with Gasteiger partial charge >= 0.3 is 0 Å². The summed E-state index contributed by atoms with van der Waals surface area (Å²) in [5.74, 6) is 0.845. The average molecular weight is 323 g/mol. The highest BCUT2D eigenvalue weighted by Gasteiger charge is 2.05. The Morgan fingerprint density at radius 2 is 2.08 bits per heavy atom. The zero-order chi connectivity index (χ0) is 16.8. The van der Waals surface area contributed by atoms with E-state index in [-0.39, 0.29) is 5.91 Å². The molecule has 3 aromatic rings. The van der Waals surface area contributed by atoms with E-state index in [2.05, 4.69) is 10.3 Å². The lowest BCUT2D eigenvalue weighted by molar-refractivity contribution is -0.121. The molecule has 0 atom stereocenters. The molecule has 0 spiro atoms. The first kappa shape index (κ1) is 16.1. The van der Waals surface area contributed by atoms with Gasteiger partial charge in [-0.15, -0.1) is 0 Å². The van der Waals surface area contributed by atoms with Crippen LogP contribution < -0.4 is 10.1 Å². The topological polar surface area (TPSA) is 55.6 Å². The molecule has 0 bridgehead atoms. The lowest BCUT2D eigenvalue weighted by Gasteiger charge is -2.06. The third-order valence-electron chi connectivity index (χ3n) is 3.69. The summed E-state index contributed by atoms with van der Waals surface area (Å²) in [6.07, 6.45) is 5.04. The zero-order valence-corrected chi connectivity index (χ0v) is 13.7. The smallest absolute Gasteiger partial charge is 0.220 e. The molecule has 1 N–H and O–H groups in total. The summed E-state index contributed by atoms with van der Waals surface area (Å²) >= 11 is 0. The Morgan fingerprint density at radius 3 is 2.92 bits per heavy atom. The molecule has 0 radical (unpaired) electrons. The van der Waals surface area contributed by atoms with Crippen molar-refractivity contribution in [2.45, 2.75) is 26.3 Å². The molecule has 5 nitrogen and oxygen atoms in total. The number of rotatable bonds is 7. The normalized spacial score (nSPS) is 10.7. The van der Waals surface area contributed by atoms with Crippen molar-refractivity contribution in [2.75, 3.05) is 6.61 Å². The maximum atomic E-state index is 11.9. The van der Waals surface area contributed by atoms with E-state index in [4.69, 9.17) is 4.74 Å². The van der Waals surface area contributed by atoms with Crippen molar-refractivity contribution in [3.63, 3.8) is 0 Å². The fourth-order valence-corrected chi connectivity index (χ4v) is 2.44. The van der Waals surface area contributed by atoms with Gasteiger partial charge in [-0.25, -0.2) is 4.98 Å². The van der Waals surface area contributed by atoms with E-state index in [1.807, 2.05) is 66.2 Å². The van der Waals surface area contributed by atoms with Crippen LogP contribution in [0.25, 0.3) is 5.65 Å². The standard InChI is InChI=1S/C19H21N3O2/c1-15-9-10-22-14-16(21-18(22)12-15)13-20-19(23)8-5-11-24-17-6-3-2-4-7-17/h2-4,6-7,9-10,12,14H,5,8,11,13H2,1H3,(H,20,23). The zero-order valence-electron chi connectivity index (χ0n) is 13.7. The summed E-state index contributed by atoms with van der Waals surface area (Å²) in [6, 6.07) is 13.7. The summed E-state index contributed by atoms with van der Waals surface area (Å²) in [6.45, 7) is 3.01. The number of hydrogen-bond donors (Lipinski definition) is 1. The van der Waals surface area contributed by atoms with Crippen LogP contribution in [0, 0.1) is 6.92 Å². The van der Waals surface area contributed by atoms with E-state index < -0.39 is 0 Å². The van der Waals surface area contributed by atoms with Gasteiger partial charge in [-0.05, 0) is 43.2 Å². The lowest BCUT2D eigenvalue weighted by Crippen LogP contribution is -2.23. The third kappa shape index (κ3) is 4.35. The number of fused-ring (bicyclic) bond motifs is 1. The Kier molecular flexibility index (Phi) is 5.11. The van der Waals surface area contributed by atoms with Crippen molar-refractivity contribution in [1.29, 1.82) is 0 Å². The minimum absolute atomic E-state index is 0.0138. The molecule has 0 unspecified atom stereocenters. The molecule has 0 aliphatic heterocycles. The Bertz CT molecular complexity index is 812. The summed E-state index contributed by atoms with van der Waals surface area (Å²) in [7, 11) is 0. The number of carbonyl (C=O) groups excluding carboxylic acids is 1. The van der Waals surface area contributed by atoms with Crippen molar-refractivity contribution in [3.8, 4) is 5.75 Å². The molecule has 0 aliphatic rings. The van der Waals surface area contributed by atoms with Crippen LogP contribution in [0.4, 0.5) is 0 Å². The fraction of sp³-hybridized carbons (Fsp3) is 0.263. The van der Waals surface area contributed by atoms with E-state index in [1.54, 1.807) is 0 Å². The molecule has 3 rings (SSSR count). The number of amides is 1. The molecule has 24 heavy (non-hydrogen) atoms. The minimum atomic E-state index is 0.0138. The number of pyridine rings is 1. The Hall–Kier alpha value is -2.82. The van der Waals surface area contributed by atoms with Crippen LogP contribution in [-0.2, 0) is 11.3 Å². The predicted octanol–water partition coefficient (Wildman–Crippen LogP) is 3.12. The molecule has 1 amide bonds. The van der Waals surface area contributed by atoms with Gasteiger partial charge in [-0.1, -0.05) is 18.2 Å². The number of aryl methyl sites for hydroxylation is 1. The first-order valence-corrected chi connectivity index (χ1v) is 8.09. The molecule has 0 aliphatic carbocycles. The van der Waals surface area contributed by atoms with Crippen LogP contribution in [0.2, 0.25) is 0 Å². The van der Waals surface area contributed by atoms with E-state index in [0.29, 0.717) is 26.0 Å². The summed E-state index contributed by atoms with van der Waals surface area (Å²) in [5.41, 5.74) is 2.92. The van der Waals surface area contributed by atoms with Crippen molar-refractivity contribution < 1.29 is 9.53 Å². The fourth-order valence-electron chi connectivity index (χ4n) is 2.44. The van der Waals surface area contributed by atoms with Gasteiger partial charge in [0.15, 0.2) is 0 Å². The van der Waals surface area contributed by atoms with Crippen LogP contribution >= 0.6 is 0 Å². The van der Waals surface area contributed by atoms with Gasteiger partial charge in [0.05, 0.1) is 18.8 Å². The highest BCUT2D eigenvalue weighted by molar-refractivity contribution is 5.75. The summed E-state index contributed by atoms with van der Waals surface area (Å²) in [4.78, 5) is 16.4. The molecule has 5 heteroatoms. The number of imidazole rings is 1. The van der Waals surface area contributed by atoms with E-state index in [9.17, 15) is 4.79 Å². The maximum Gasteiger partial charge on any atom is 0.220 e. The Labute approximate surface area is 141 Å². The van der Waals surface area contributed by atoms with Crippen molar-refractivity contribution in [3.05, 3.63) is 66.1 Å². The van der Waals surface area contributed by atoms with E-state index in [0.717, 1.165) is 17.1 Å². The highest BCUT2D eigenvalue weighted by Crippen LogP contribution is 2.09. The number of ether oxygens (including phenoxy) is 1. The van der Waals surface area contributed by atoms with Gasteiger partial charge in [-0.2, -0.15) is 0 Å². The first-order valence-electron chi connectivity index (χ1n) is 8.09. The molecule has 2 heterocycles. The third-order valence-corrected chi connectivity index (χ3v) is 3.69. The van der Waals surface area contributed by atoms with Crippen LogP contribution in [0.3, 0.4) is 0 Å². The van der Waals surface area contributed by atoms with Gasteiger partial charge in [0.2, 0.25) is 5.91 Å². The van der Waals surface area contributed by atoms with Gasteiger partial charge in [0.25, 0.3) is 0 Å². The number of aromatic nitrogens is 2. The SMILES string of the molecule is Cc1ccn2cc(CNC(=O)CCCOc3ccccc3)nc2c1. The van der Waals surface area contributed by atoms with Crippen LogP contribution in [0.1, 0.15) is 24.1 Å². The summed E-state index contributed by atoms with van der Waals surface area (Å²) < 4.78 is 7.54. The monoisotopic (exact) mass is 323 g/mol. The van der Waals surface area contributed by atoms with Crippen LogP contribution in [0.5, 0.6) is 5.75 Å². The van der Waals surface area contributed by atoms with Crippen LogP contribution in [-0.4, -0.2) is 21.9 Å². The maximum absolute atomic E-state index is 11.9. The minimum Gasteiger partial charge on any atom is -0.494 e. The second-order valence-corrected chi connectivity index (χ2v) is 5.74. The number of benzene rings is 1. The quantitative estimate of drug-likeness (QED) is 0.680. The lowest BCUT2D eigenvalue weighted by atomic mass is 10.3. The van der Waals surface area contributed by atoms with Gasteiger partial charge < -0.3 is 14.5 Å². The van der Waals surface area contributed by atoms with E-state index >= 15 is 0 Å². The predicted molar refractivity (Wildman–Crippen MR) is 92.9 cm³/mol. The second-order valence-electron chi connectivity index (χ2n) is 5.74. The average Bonchev–Trinajstić information content (AvgIpc) is 3.00. The van der Waals surface area contributed by atoms with Crippen molar-refractivity contribution >= 4 is 11.6 Å². The first-order chi connectivity index (χ1) is 11.7. The van der Waals surface area contributed by atoms with Crippen molar-refractivity contribution in [1.82, 2.24) is 14.7 Å². The second kappa shape index (κ2) is 7.64. The number of nitrogens with one attached hydrogen (secondary N) is 1.